The Kier molecular flexibility index (Phi) is 3.68. The first-order valence-electron chi connectivity index (χ1n) is 6.16. The van der Waals surface area contributed by atoms with Gasteiger partial charge in [0, 0.05) is 5.56 Å². The van der Waals surface area contributed by atoms with E-state index in [-0.39, 0.29) is 0 Å². The van der Waals surface area contributed by atoms with Crippen molar-refractivity contribution in [3.8, 4) is 11.5 Å². The summed E-state index contributed by atoms with van der Waals surface area (Å²) in [6, 6.07) is 18.1. The molecule has 0 aliphatic heterocycles. The number of hydrogen-bond acceptors (Lipinski definition) is 1. The molecule has 0 aromatic heterocycles. The van der Waals surface area contributed by atoms with Crippen LogP contribution in [0.25, 0.3) is 0 Å². The fourth-order valence-corrected chi connectivity index (χ4v) is 1.86. The van der Waals surface area contributed by atoms with Crippen molar-refractivity contribution >= 4 is 0 Å². The summed E-state index contributed by atoms with van der Waals surface area (Å²) in [5, 5.41) is 0. The van der Waals surface area contributed by atoms with E-state index in [0.29, 0.717) is 0 Å². The molecule has 94 valence electrons. The highest BCUT2D eigenvalue weighted by Gasteiger charge is 2.13. The second kappa shape index (κ2) is 5.23. The second-order valence-electron chi connectivity index (χ2n) is 5.47. The zero-order valence-corrected chi connectivity index (χ0v) is 11.3. The normalized spacial score (nSPS) is 11.3. The van der Waals surface area contributed by atoms with E-state index in [1.54, 1.807) is 0 Å². The van der Waals surface area contributed by atoms with E-state index in [9.17, 15) is 0 Å². The largest absolute Gasteiger partial charge is 0.457 e. The van der Waals surface area contributed by atoms with Gasteiger partial charge in [-0.05, 0) is 24.3 Å². The Labute approximate surface area is 109 Å². The summed E-state index contributed by atoms with van der Waals surface area (Å²) >= 11 is 0. The molecule has 0 saturated heterocycles. The van der Waals surface area contributed by atoms with Gasteiger partial charge in [0.2, 0.25) is 0 Å². The number of ether oxygens (including phenoxy) is 1. The molecule has 0 aliphatic rings. The number of benzene rings is 2. The summed E-state index contributed by atoms with van der Waals surface area (Å²) in [7, 11) is 6.54. The molecule has 0 bridgehead atoms. The molecule has 2 heteroatoms. The first-order chi connectivity index (χ1) is 8.54. The third-order valence-electron chi connectivity index (χ3n) is 2.59. The van der Waals surface area contributed by atoms with Crippen LogP contribution in [-0.2, 0) is 6.54 Å². The lowest BCUT2D eigenvalue weighted by molar-refractivity contribution is -0.884. The minimum absolute atomic E-state index is 0.881. The molecule has 0 fully saturated rings. The van der Waals surface area contributed by atoms with Crippen LogP contribution in [0.1, 0.15) is 5.56 Å². The topological polar surface area (TPSA) is 9.23 Å². The van der Waals surface area contributed by atoms with Crippen LogP contribution in [0.4, 0.5) is 0 Å². The maximum Gasteiger partial charge on any atom is 0.136 e. The van der Waals surface area contributed by atoms with Crippen molar-refractivity contribution in [3.05, 3.63) is 60.2 Å². The summed E-state index contributed by atoms with van der Waals surface area (Å²) in [5.74, 6) is 1.82. The van der Waals surface area contributed by atoms with E-state index in [4.69, 9.17) is 4.74 Å². The van der Waals surface area contributed by atoms with E-state index < -0.39 is 0 Å². The van der Waals surface area contributed by atoms with Crippen LogP contribution in [0.15, 0.2) is 54.6 Å². The highest BCUT2D eigenvalue weighted by atomic mass is 16.5. The minimum Gasteiger partial charge on any atom is -0.457 e. The van der Waals surface area contributed by atoms with Gasteiger partial charge in [-0.25, -0.2) is 0 Å². The Bertz CT molecular complexity index is 500. The lowest BCUT2D eigenvalue weighted by atomic mass is 10.2. The molecule has 0 heterocycles. The van der Waals surface area contributed by atoms with Crippen molar-refractivity contribution in [1.29, 1.82) is 0 Å². The van der Waals surface area contributed by atoms with Crippen molar-refractivity contribution in [2.45, 2.75) is 6.54 Å². The van der Waals surface area contributed by atoms with Crippen molar-refractivity contribution in [2.24, 2.45) is 0 Å². The number of hydrogen-bond donors (Lipinski definition) is 0. The maximum absolute atomic E-state index is 5.95. The number of rotatable bonds is 4. The molecule has 2 aromatic rings. The summed E-state index contributed by atoms with van der Waals surface area (Å²) in [6.07, 6.45) is 0. The SMILES string of the molecule is C[N+](C)(C)Cc1ccccc1Oc1ccccc1. The van der Waals surface area contributed by atoms with E-state index in [0.717, 1.165) is 22.5 Å². The molecule has 2 rings (SSSR count). The summed E-state index contributed by atoms with van der Waals surface area (Å²) < 4.78 is 6.83. The van der Waals surface area contributed by atoms with Gasteiger partial charge in [-0.3, -0.25) is 0 Å². The molecular weight excluding hydrogens is 222 g/mol. The van der Waals surface area contributed by atoms with E-state index >= 15 is 0 Å². The van der Waals surface area contributed by atoms with Crippen LogP contribution < -0.4 is 4.74 Å². The van der Waals surface area contributed by atoms with Gasteiger partial charge in [0.25, 0.3) is 0 Å². The number of para-hydroxylation sites is 2. The van der Waals surface area contributed by atoms with Gasteiger partial charge in [-0.2, -0.15) is 0 Å². The average molecular weight is 242 g/mol. The van der Waals surface area contributed by atoms with E-state index in [1.165, 1.54) is 5.56 Å². The fourth-order valence-electron chi connectivity index (χ4n) is 1.86. The Balaban J connectivity index is 2.23. The van der Waals surface area contributed by atoms with E-state index in [1.807, 2.05) is 42.5 Å². The zero-order valence-electron chi connectivity index (χ0n) is 11.3. The van der Waals surface area contributed by atoms with Crippen molar-refractivity contribution in [3.63, 3.8) is 0 Å². The molecule has 0 amide bonds. The van der Waals surface area contributed by atoms with Crippen molar-refractivity contribution < 1.29 is 9.22 Å². The Morgan fingerprint density at radius 2 is 1.44 bits per heavy atom. The predicted octanol–water partition coefficient (Wildman–Crippen LogP) is 3.69. The van der Waals surface area contributed by atoms with Crippen LogP contribution in [-0.4, -0.2) is 25.6 Å². The first-order valence-corrected chi connectivity index (χ1v) is 6.16. The van der Waals surface area contributed by atoms with Crippen LogP contribution in [0.5, 0.6) is 11.5 Å². The van der Waals surface area contributed by atoms with Gasteiger partial charge in [0.05, 0.1) is 21.1 Å². The molecular formula is C16H20NO+. The van der Waals surface area contributed by atoms with Crippen molar-refractivity contribution in [1.82, 2.24) is 0 Å². The molecule has 0 aliphatic carbocycles. The number of quaternary nitrogens is 1. The molecule has 0 atom stereocenters. The predicted molar refractivity (Wildman–Crippen MR) is 74.7 cm³/mol. The van der Waals surface area contributed by atoms with Crippen LogP contribution in [0.3, 0.4) is 0 Å². The summed E-state index contributed by atoms with van der Waals surface area (Å²) in [5.41, 5.74) is 1.23. The Morgan fingerprint density at radius 3 is 2.11 bits per heavy atom. The number of nitrogens with zero attached hydrogens (tertiary/aromatic N) is 1. The third kappa shape index (κ3) is 3.60. The molecule has 0 saturated carbocycles. The lowest BCUT2D eigenvalue weighted by Crippen LogP contribution is -2.33. The third-order valence-corrected chi connectivity index (χ3v) is 2.59. The average Bonchev–Trinajstić information content (AvgIpc) is 2.31. The van der Waals surface area contributed by atoms with Crippen LogP contribution in [0.2, 0.25) is 0 Å². The summed E-state index contributed by atoms with van der Waals surface area (Å²) in [4.78, 5) is 0. The summed E-state index contributed by atoms with van der Waals surface area (Å²) in [6.45, 7) is 0.947. The molecule has 18 heavy (non-hydrogen) atoms. The van der Waals surface area contributed by atoms with Gasteiger partial charge in [-0.1, -0.05) is 30.3 Å². The van der Waals surface area contributed by atoms with E-state index in [2.05, 4.69) is 33.3 Å². The molecule has 2 aromatic carbocycles. The lowest BCUT2D eigenvalue weighted by Gasteiger charge is -2.25. The quantitative estimate of drug-likeness (QED) is 0.743. The van der Waals surface area contributed by atoms with Crippen LogP contribution >= 0.6 is 0 Å². The standard InChI is InChI=1S/C16H20NO/c1-17(2,3)13-14-9-7-8-12-16(14)18-15-10-5-4-6-11-15/h4-12H,13H2,1-3H3/q+1. The van der Waals surface area contributed by atoms with Gasteiger partial charge >= 0.3 is 0 Å². The van der Waals surface area contributed by atoms with Gasteiger partial charge in [0.1, 0.15) is 18.0 Å². The molecule has 0 spiro atoms. The van der Waals surface area contributed by atoms with Gasteiger partial charge < -0.3 is 9.22 Å². The van der Waals surface area contributed by atoms with Gasteiger partial charge in [0.15, 0.2) is 0 Å². The minimum atomic E-state index is 0.881. The molecule has 0 unspecified atom stereocenters. The zero-order chi connectivity index (χ0) is 13.0. The first kappa shape index (κ1) is 12.7. The Morgan fingerprint density at radius 1 is 0.833 bits per heavy atom. The molecule has 0 N–H and O–H groups in total. The molecule has 2 nitrogen and oxygen atoms in total. The Hall–Kier alpha value is -1.80. The van der Waals surface area contributed by atoms with Crippen molar-refractivity contribution in [2.75, 3.05) is 21.1 Å². The molecule has 0 radical (unpaired) electrons. The van der Waals surface area contributed by atoms with Crippen LogP contribution in [0, 0.1) is 0 Å². The smallest absolute Gasteiger partial charge is 0.136 e. The monoisotopic (exact) mass is 242 g/mol. The highest BCUT2D eigenvalue weighted by molar-refractivity contribution is 5.37. The fraction of sp³-hybridized carbons (Fsp3) is 0.250. The highest BCUT2D eigenvalue weighted by Crippen LogP contribution is 2.26. The second-order valence-corrected chi connectivity index (χ2v) is 5.47. The van der Waals surface area contributed by atoms with Gasteiger partial charge in [-0.15, -0.1) is 0 Å². The maximum atomic E-state index is 5.95.